The minimum absolute atomic E-state index is 0.0199. The summed E-state index contributed by atoms with van der Waals surface area (Å²) >= 11 is 0. The highest BCUT2D eigenvalue weighted by Gasteiger charge is 1.98. The normalized spacial score (nSPS) is 10.0. The number of methoxy groups -OCH3 is 1. The number of nitrogens with one attached hydrogen (secondary N) is 1. The van der Waals surface area contributed by atoms with Gasteiger partial charge in [-0.1, -0.05) is 0 Å². The molecule has 0 aromatic carbocycles. The second-order valence-corrected chi connectivity index (χ2v) is 2.88. The standard InChI is InChI=1S/C9H19NO3/c1-13-8-3-2-6-10-9(12)5-4-7-11/h11H,2-8H2,1H3,(H,10,12). The summed E-state index contributed by atoms with van der Waals surface area (Å²) in [6.07, 6.45) is 2.88. The van der Waals surface area contributed by atoms with E-state index >= 15 is 0 Å². The van der Waals surface area contributed by atoms with Crippen molar-refractivity contribution in [1.29, 1.82) is 0 Å². The Bertz CT molecular complexity index is 128. The molecule has 0 aliphatic rings. The molecule has 0 aliphatic carbocycles. The first-order chi connectivity index (χ1) is 6.31. The number of rotatable bonds is 8. The van der Waals surface area contributed by atoms with E-state index in [4.69, 9.17) is 9.84 Å². The van der Waals surface area contributed by atoms with Crippen LogP contribution in [0.3, 0.4) is 0 Å². The van der Waals surface area contributed by atoms with E-state index in [0.717, 1.165) is 19.4 Å². The van der Waals surface area contributed by atoms with Crippen LogP contribution >= 0.6 is 0 Å². The highest BCUT2D eigenvalue weighted by Crippen LogP contribution is 1.89. The van der Waals surface area contributed by atoms with Crippen molar-refractivity contribution in [2.45, 2.75) is 25.7 Å². The molecule has 0 aromatic heterocycles. The van der Waals surface area contributed by atoms with Crippen molar-refractivity contribution in [3.8, 4) is 0 Å². The molecule has 0 radical (unpaired) electrons. The van der Waals surface area contributed by atoms with Crippen LogP contribution in [-0.2, 0) is 9.53 Å². The average molecular weight is 189 g/mol. The third-order valence-corrected chi connectivity index (χ3v) is 1.66. The summed E-state index contributed by atoms with van der Waals surface area (Å²) in [7, 11) is 1.67. The number of hydrogen-bond donors (Lipinski definition) is 2. The molecule has 13 heavy (non-hydrogen) atoms. The van der Waals surface area contributed by atoms with Crippen LogP contribution in [0.25, 0.3) is 0 Å². The van der Waals surface area contributed by atoms with Gasteiger partial charge in [0.1, 0.15) is 0 Å². The first-order valence-corrected chi connectivity index (χ1v) is 4.67. The van der Waals surface area contributed by atoms with Gasteiger partial charge in [0.05, 0.1) is 0 Å². The average Bonchev–Trinajstić information content (AvgIpc) is 2.14. The van der Waals surface area contributed by atoms with E-state index in [1.807, 2.05) is 0 Å². The second kappa shape index (κ2) is 9.48. The molecule has 0 spiro atoms. The van der Waals surface area contributed by atoms with Crippen molar-refractivity contribution in [2.75, 3.05) is 26.9 Å². The molecule has 0 saturated carbocycles. The maximum atomic E-state index is 11.0. The predicted molar refractivity (Wildman–Crippen MR) is 50.4 cm³/mol. The van der Waals surface area contributed by atoms with Crippen LogP contribution in [0.4, 0.5) is 0 Å². The number of hydrogen-bond acceptors (Lipinski definition) is 3. The van der Waals surface area contributed by atoms with Crippen molar-refractivity contribution in [3.05, 3.63) is 0 Å². The molecule has 4 nitrogen and oxygen atoms in total. The van der Waals surface area contributed by atoms with E-state index in [1.54, 1.807) is 7.11 Å². The summed E-state index contributed by atoms with van der Waals surface area (Å²) in [6, 6.07) is 0. The first kappa shape index (κ1) is 12.4. The van der Waals surface area contributed by atoms with Crippen molar-refractivity contribution in [3.63, 3.8) is 0 Å². The lowest BCUT2D eigenvalue weighted by molar-refractivity contribution is -0.121. The van der Waals surface area contributed by atoms with E-state index in [0.29, 0.717) is 19.4 Å². The molecular weight excluding hydrogens is 170 g/mol. The predicted octanol–water partition coefficient (Wildman–Crippen LogP) is 0.302. The fourth-order valence-corrected chi connectivity index (χ4v) is 0.927. The van der Waals surface area contributed by atoms with E-state index in [2.05, 4.69) is 5.32 Å². The third-order valence-electron chi connectivity index (χ3n) is 1.66. The molecule has 0 unspecified atom stereocenters. The van der Waals surface area contributed by atoms with Gasteiger partial charge in [-0.2, -0.15) is 0 Å². The molecule has 0 rings (SSSR count). The molecule has 4 heteroatoms. The van der Waals surface area contributed by atoms with Crippen LogP contribution in [0.1, 0.15) is 25.7 Å². The number of carbonyl (C=O) groups is 1. The van der Waals surface area contributed by atoms with E-state index in [9.17, 15) is 4.79 Å². The van der Waals surface area contributed by atoms with Gasteiger partial charge >= 0.3 is 0 Å². The maximum absolute atomic E-state index is 11.0. The van der Waals surface area contributed by atoms with Gasteiger partial charge in [0.15, 0.2) is 0 Å². The minimum Gasteiger partial charge on any atom is -0.396 e. The summed E-state index contributed by atoms with van der Waals surface area (Å²) in [6.45, 7) is 1.53. The Balaban J connectivity index is 3.08. The first-order valence-electron chi connectivity index (χ1n) is 4.67. The molecular formula is C9H19NO3. The van der Waals surface area contributed by atoms with Crippen LogP contribution in [0.2, 0.25) is 0 Å². The zero-order valence-corrected chi connectivity index (χ0v) is 8.21. The molecule has 0 fully saturated rings. The number of aliphatic hydroxyl groups is 1. The lowest BCUT2D eigenvalue weighted by atomic mass is 10.3. The van der Waals surface area contributed by atoms with Crippen molar-refractivity contribution >= 4 is 5.91 Å². The minimum atomic E-state index is 0.0199. The molecule has 0 saturated heterocycles. The molecule has 0 bridgehead atoms. The molecule has 1 amide bonds. The van der Waals surface area contributed by atoms with Gasteiger partial charge in [0.25, 0.3) is 0 Å². The van der Waals surface area contributed by atoms with E-state index in [-0.39, 0.29) is 12.5 Å². The Morgan fingerprint density at radius 2 is 2.15 bits per heavy atom. The lowest BCUT2D eigenvalue weighted by Crippen LogP contribution is -2.24. The van der Waals surface area contributed by atoms with Gasteiger partial charge in [-0.05, 0) is 19.3 Å². The zero-order valence-electron chi connectivity index (χ0n) is 8.21. The van der Waals surface area contributed by atoms with Gasteiger partial charge in [-0.15, -0.1) is 0 Å². The SMILES string of the molecule is COCCCCNC(=O)CCCO. The Hall–Kier alpha value is -0.610. The third kappa shape index (κ3) is 9.30. The summed E-state index contributed by atoms with van der Waals surface area (Å²) in [5, 5.41) is 11.2. The topological polar surface area (TPSA) is 58.6 Å². The number of aliphatic hydroxyl groups excluding tert-OH is 1. The number of unbranched alkanes of at least 4 members (excludes halogenated alkanes) is 1. The van der Waals surface area contributed by atoms with Crippen LogP contribution < -0.4 is 5.32 Å². The fourth-order valence-electron chi connectivity index (χ4n) is 0.927. The highest BCUT2D eigenvalue weighted by atomic mass is 16.5. The largest absolute Gasteiger partial charge is 0.396 e. The van der Waals surface area contributed by atoms with Gasteiger partial charge < -0.3 is 15.2 Å². The van der Waals surface area contributed by atoms with Gasteiger partial charge in [-0.3, -0.25) is 4.79 Å². The Morgan fingerprint density at radius 3 is 2.77 bits per heavy atom. The molecule has 0 atom stereocenters. The Labute approximate surface area is 79.3 Å². The summed E-state index contributed by atoms with van der Waals surface area (Å²) in [5.41, 5.74) is 0. The number of ether oxygens (including phenoxy) is 1. The quantitative estimate of drug-likeness (QED) is 0.540. The van der Waals surface area contributed by atoms with Crippen molar-refractivity contribution in [1.82, 2.24) is 5.32 Å². The highest BCUT2D eigenvalue weighted by molar-refractivity contribution is 5.75. The maximum Gasteiger partial charge on any atom is 0.220 e. The van der Waals surface area contributed by atoms with E-state index < -0.39 is 0 Å². The molecule has 0 aliphatic heterocycles. The molecule has 0 heterocycles. The van der Waals surface area contributed by atoms with Gasteiger partial charge in [0, 0.05) is 33.3 Å². The number of amides is 1. The summed E-state index contributed by atoms with van der Waals surface area (Å²) in [5.74, 6) is 0.0199. The Kier molecular flexibility index (Phi) is 9.03. The van der Waals surface area contributed by atoms with Crippen molar-refractivity contribution < 1.29 is 14.6 Å². The zero-order chi connectivity index (χ0) is 9.94. The van der Waals surface area contributed by atoms with Crippen molar-refractivity contribution in [2.24, 2.45) is 0 Å². The molecule has 0 aromatic rings. The van der Waals surface area contributed by atoms with Crippen LogP contribution in [0.15, 0.2) is 0 Å². The van der Waals surface area contributed by atoms with Crippen LogP contribution in [0, 0.1) is 0 Å². The van der Waals surface area contributed by atoms with Gasteiger partial charge in [0.2, 0.25) is 5.91 Å². The van der Waals surface area contributed by atoms with Crippen LogP contribution in [0.5, 0.6) is 0 Å². The molecule has 78 valence electrons. The van der Waals surface area contributed by atoms with Crippen LogP contribution in [-0.4, -0.2) is 37.9 Å². The molecule has 2 N–H and O–H groups in total. The number of carbonyl (C=O) groups excluding carboxylic acids is 1. The second-order valence-electron chi connectivity index (χ2n) is 2.88. The monoisotopic (exact) mass is 189 g/mol. The smallest absolute Gasteiger partial charge is 0.220 e. The summed E-state index contributed by atoms with van der Waals surface area (Å²) in [4.78, 5) is 11.0. The van der Waals surface area contributed by atoms with E-state index in [1.165, 1.54) is 0 Å². The Morgan fingerprint density at radius 1 is 1.38 bits per heavy atom. The van der Waals surface area contributed by atoms with Gasteiger partial charge in [-0.25, -0.2) is 0 Å². The summed E-state index contributed by atoms with van der Waals surface area (Å²) < 4.78 is 4.87. The fraction of sp³-hybridized carbons (Fsp3) is 0.889. The lowest BCUT2D eigenvalue weighted by Gasteiger charge is -2.03.